The molecule has 1 N–H and O–H groups in total. The monoisotopic (exact) mass is 329 g/mol. The van der Waals surface area contributed by atoms with Crippen LogP contribution >= 0.6 is 11.3 Å². The highest BCUT2D eigenvalue weighted by Gasteiger charge is 2.40. The Kier molecular flexibility index (Phi) is 3.83. The molecule has 1 saturated carbocycles. The van der Waals surface area contributed by atoms with E-state index in [1.807, 2.05) is 0 Å². The Labute approximate surface area is 128 Å². The zero-order chi connectivity index (χ0) is 15.1. The number of rotatable bonds is 3. The first-order chi connectivity index (χ1) is 9.93. The minimum absolute atomic E-state index is 0.0443. The number of carboxylic acids is 1. The molecule has 1 aliphatic heterocycles. The van der Waals surface area contributed by atoms with Crippen LogP contribution in [-0.2, 0) is 10.0 Å². The van der Waals surface area contributed by atoms with Gasteiger partial charge in [-0.15, -0.1) is 11.3 Å². The van der Waals surface area contributed by atoms with Crippen molar-refractivity contribution in [2.24, 2.45) is 5.41 Å². The highest BCUT2D eigenvalue weighted by atomic mass is 32.2. The second-order valence-electron chi connectivity index (χ2n) is 6.07. The number of carbonyl (C=O) groups is 1. The molecular weight excluding hydrogens is 310 g/mol. The third-order valence-electron chi connectivity index (χ3n) is 4.86. The summed E-state index contributed by atoms with van der Waals surface area (Å²) < 4.78 is 26.8. The van der Waals surface area contributed by atoms with Gasteiger partial charge in [-0.25, -0.2) is 13.2 Å². The summed E-state index contributed by atoms with van der Waals surface area (Å²) in [6, 6.07) is 1.27. The van der Waals surface area contributed by atoms with Gasteiger partial charge in [0, 0.05) is 18.5 Å². The number of hydrogen-bond donors (Lipinski definition) is 1. The number of nitrogens with zero attached hydrogens (tertiary/aromatic N) is 1. The predicted octanol–water partition coefficient (Wildman–Crippen LogP) is 2.79. The number of hydrogen-bond acceptors (Lipinski definition) is 4. The molecule has 0 bridgehead atoms. The minimum Gasteiger partial charge on any atom is -0.478 e. The Morgan fingerprint density at radius 3 is 2.33 bits per heavy atom. The fourth-order valence-corrected chi connectivity index (χ4v) is 6.26. The number of carboxylic acid groups (broad SMARTS) is 1. The summed E-state index contributed by atoms with van der Waals surface area (Å²) in [5.41, 5.74) is 0.413. The van der Waals surface area contributed by atoms with E-state index in [0.29, 0.717) is 18.5 Å². The van der Waals surface area contributed by atoms with Gasteiger partial charge < -0.3 is 5.11 Å². The van der Waals surface area contributed by atoms with Crippen molar-refractivity contribution >= 4 is 27.3 Å². The van der Waals surface area contributed by atoms with Crippen molar-refractivity contribution in [1.29, 1.82) is 0 Å². The van der Waals surface area contributed by atoms with Crippen molar-refractivity contribution in [3.8, 4) is 0 Å². The zero-order valence-corrected chi connectivity index (χ0v) is 13.4. The molecule has 2 heterocycles. The number of thiophene rings is 1. The molecule has 5 nitrogen and oxygen atoms in total. The zero-order valence-electron chi connectivity index (χ0n) is 11.7. The van der Waals surface area contributed by atoms with Gasteiger partial charge in [0.05, 0.1) is 5.56 Å². The number of sulfonamides is 1. The second kappa shape index (κ2) is 5.37. The lowest BCUT2D eigenvalue weighted by Crippen LogP contribution is -2.41. The van der Waals surface area contributed by atoms with E-state index in [4.69, 9.17) is 5.11 Å². The summed E-state index contributed by atoms with van der Waals surface area (Å²) in [7, 11) is -3.53. The molecular formula is C14H19NO4S2. The normalized spacial score (nSPS) is 22.7. The van der Waals surface area contributed by atoms with Gasteiger partial charge in [-0.05, 0) is 37.2 Å². The molecule has 1 aromatic rings. The van der Waals surface area contributed by atoms with Gasteiger partial charge in [0.2, 0.25) is 0 Å². The van der Waals surface area contributed by atoms with Crippen LogP contribution in [0.4, 0.5) is 0 Å². The Balaban J connectivity index is 1.75. The summed E-state index contributed by atoms with van der Waals surface area (Å²) in [6.07, 6.45) is 6.85. The Morgan fingerprint density at radius 1 is 1.19 bits per heavy atom. The molecule has 2 aliphatic rings. The molecule has 1 aromatic heterocycles. The molecule has 0 atom stereocenters. The third kappa shape index (κ3) is 2.74. The Hall–Kier alpha value is -0.920. The summed E-state index contributed by atoms with van der Waals surface area (Å²) in [6.45, 7) is 1.12. The van der Waals surface area contributed by atoms with Crippen LogP contribution in [0.1, 0.15) is 48.9 Å². The van der Waals surface area contributed by atoms with E-state index in [2.05, 4.69) is 0 Å². The summed E-state index contributed by atoms with van der Waals surface area (Å²) in [5, 5.41) is 10.3. The SMILES string of the molecule is O=C(O)c1csc(S(=O)(=O)N2CCC3(CCCC3)CC2)c1. The maximum Gasteiger partial charge on any atom is 0.336 e. The van der Waals surface area contributed by atoms with Crippen molar-refractivity contribution in [2.45, 2.75) is 42.7 Å². The van der Waals surface area contributed by atoms with Gasteiger partial charge >= 0.3 is 5.97 Å². The van der Waals surface area contributed by atoms with Crippen molar-refractivity contribution in [3.05, 3.63) is 17.0 Å². The first-order valence-corrected chi connectivity index (χ1v) is 9.57. The molecule has 7 heteroatoms. The lowest BCUT2D eigenvalue weighted by Gasteiger charge is -2.38. The number of aromatic carboxylic acids is 1. The van der Waals surface area contributed by atoms with E-state index in [-0.39, 0.29) is 9.77 Å². The smallest absolute Gasteiger partial charge is 0.336 e. The van der Waals surface area contributed by atoms with Crippen LogP contribution in [0.15, 0.2) is 15.7 Å². The van der Waals surface area contributed by atoms with E-state index >= 15 is 0 Å². The largest absolute Gasteiger partial charge is 0.478 e. The Morgan fingerprint density at radius 2 is 1.81 bits per heavy atom. The predicted molar refractivity (Wildman–Crippen MR) is 80.2 cm³/mol. The van der Waals surface area contributed by atoms with Crippen LogP contribution in [0, 0.1) is 5.41 Å². The van der Waals surface area contributed by atoms with Gasteiger partial charge in [0.15, 0.2) is 0 Å². The summed E-state index contributed by atoms with van der Waals surface area (Å²) >= 11 is 0.992. The van der Waals surface area contributed by atoms with E-state index in [0.717, 1.165) is 24.2 Å². The summed E-state index contributed by atoms with van der Waals surface area (Å²) in [5.74, 6) is -1.09. The molecule has 3 rings (SSSR count). The van der Waals surface area contributed by atoms with Crippen molar-refractivity contribution in [1.82, 2.24) is 4.31 Å². The fraction of sp³-hybridized carbons (Fsp3) is 0.643. The average molecular weight is 329 g/mol. The molecule has 0 unspecified atom stereocenters. The highest BCUT2D eigenvalue weighted by molar-refractivity contribution is 7.91. The van der Waals surface area contributed by atoms with Crippen LogP contribution in [-0.4, -0.2) is 36.9 Å². The Bertz CT molecular complexity index is 634. The van der Waals surface area contributed by atoms with Gasteiger partial charge in [0.25, 0.3) is 10.0 Å². The maximum absolute atomic E-state index is 12.6. The standard InChI is InChI=1S/C14H19NO4S2/c16-13(17)11-9-12(20-10-11)21(18,19)15-7-5-14(6-8-15)3-1-2-4-14/h9-10H,1-8H2,(H,16,17). The fourth-order valence-electron chi connectivity index (χ4n) is 3.52. The van der Waals surface area contributed by atoms with Gasteiger partial charge in [0.1, 0.15) is 4.21 Å². The van der Waals surface area contributed by atoms with Crippen molar-refractivity contribution in [3.63, 3.8) is 0 Å². The van der Waals surface area contributed by atoms with Crippen molar-refractivity contribution < 1.29 is 18.3 Å². The summed E-state index contributed by atoms with van der Waals surface area (Å²) in [4.78, 5) is 10.9. The molecule has 0 aromatic carbocycles. The van der Waals surface area contributed by atoms with Crippen LogP contribution in [0.5, 0.6) is 0 Å². The van der Waals surface area contributed by atoms with E-state index in [1.54, 1.807) is 0 Å². The van der Waals surface area contributed by atoms with Crippen LogP contribution in [0.3, 0.4) is 0 Å². The molecule has 21 heavy (non-hydrogen) atoms. The molecule has 1 aliphatic carbocycles. The second-order valence-corrected chi connectivity index (χ2v) is 9.15. The first-order valence-electron chi connectivity index (χ1n) is 7.25. The van der Waals surface area contributed by atoms with Crippen LogP contribution in [0.25, 0.3) is 0 Å². The lowest BCUT2D eigenvalue weighted by molar-refractivity contribution is 0.0697. The highest BCUT2D eigenvalue weighted by Crippen LogP contribution is 2.46. The minimum atomic E-state index is -3.53. The molecule has 1 saturated heterocycles. The molecule has 2 fully saturated rings. The quantitative estimate of drug-likeness (QED) is 0.925. The van der Waals surface area contributed by atoms with Crippen LogP contribution < -0.4 is 0 Å². The maximum atomic E-state index is 12.6. The average Bonchev–Trinajstić information content (AvgIpc) is 3.09. The topological polar surface area (TPSA) is 74.7 Å². The first kappa shape index (κ1) is 15.0. The van der Waals surface area contributed by atoms with E-state index < -0.39 is 16.0 Å². The van der Waals surface area contributed by atoms with Crippen LogP contribution in [0.2, 0.25) is 0 Å². The van der Waals surface area contributed by atoms with Crippen molar-refractivity contribution in [2.75, 3.05) is 13.1 Å². The number of piperidine rings is 1. The lowest BCUT2D eigenvalue weighted by atomic mass is 9.78. The molecule has 0 radical (unpaired) electrons. The van der Waals surface area contributed by atoms with E-state index in [9.17, 15) is 13.2 Å². The van der Waals surface area contributed by atoms with E-state index in [1.165, 1.54) is 41.4 Å². The molecule has 116 valence electrons. The molecule has 0 amide bonds. The van der Waals surface area contributed by atoms with Gasteiger partial charge in [-0.2, -0.15) is 4.31 Å². The van der Waals surface area contributed by atoms with Gasteiger partial charge in [-0.1, -0.05) is 12.8 Å². The van der Waals surface area contributed by atoms with Gasteiger partial charge in [-0.3, -0.25) is 0 Å². The molecule has 1 spiro atoms. The third-order valence-corrected chi connectivity index (χ3v) is 8.18.